The van der Waals surface area contributed by atoms with Gasteiger partial charge in [-0.25, -0.2) is 0 Å². The van der Waals surface area contributed by atoms with Crippen LogP contribution < -0.4 is 0 Å². The molecule has 4 heteroatoms. The monoisotopic (exact) mass is 401 g/mol. The van der Waals surface area contributed by atoms with Crippen molar-refractivity contribution in [1.29, 1.82) is 5.26 Å². The molecule has 1 fully saturated rings. The summed E-state index contributed by atoms with van der Waals surface area (Å²) in [7, 11) is 0. The lowest BCUT2D eigenvalue weighted by Gasteiger charge is -2.32. The molecule has 0 spiro atoms. The topological polar surface area (TPSA) is 47.3 Å². The molecule has 0 aromatic heterocycles. The highest BCUT2D eigenvalue weighted by Gasteiger charge is 2.25. The number of nitriles is 1. The first-order valence-corrected chi connectivity index (χ1v) is 10.8. The molecule has 0 atom stereocenters. The summed E-state index contributed by atoms with van der Waals surface area (Å²) in [5.41, 5.74) is 2.74. The summed E-state index contributed by atoms with van der Waals surface area (Å²) >= 11 is 0. The standard InChI is InChI=1S/C26H31N3O/c1-21(2)29(19-24-11-7-4-8-12-24)20-25(18-27)26(30)28-15-13-23(14-16-28)17-22-9-5-3-6-10-22/h3-12,20-21,23H,13-17,19H2,1-2H3/b25-20-. The fourth-order valence-corrected chi connectivity index (χ4v) is 3.93. The maximum atomic E-state index is 13.0. The molecule has 0 aliphatic carbocycles. The van der Waals surface area contributed by atoms with Crippen LogP contribution in [0.2, 0.25) is 0 Å². The van der Waals surface area contributed by atoms with E-state index in [4.69, 9.17) is 0 Å². The van der Waals surface area contributed by atoms with Crippen LogP contribution in [0, 0.1) is 17.2 Å². The van der Waals surface area contributed by atoms with E-state index in [0.29, 0.717) is 12.5 Å². The molecule has 0 N–H and O–H groups in total. The fourth-order valence-electron chi connectivity index (χ4n) is 3.93. The summed E-state index contributed by atoms with van der Waals surface area (Å²) in [5.74, 6) is 0.450. The third kappa shape index (κ3) is 5.97. The highest BCUT2D eigenvalue weighted by atomic mass is 16.2. The smallest absolute Gasteiger partial charge is 0.266 e. The Kier molecular flexibility index (Phi) is 7.68. The quantitative estimate of drug-likeness (QED) is 0.495. The molecule has 0 radical (unpaired) electrons. The van der Waals surface area contributed by atoms with Gasteiger partial charge in [-0.2, -0.15) is 5.26 Å². The third-order valence-electron chi connectivity index (χ3n) is 5.79. The Morgan fingerprint density at radius 3 is 2.17 bits per heavy atom. The highest BCUT2D eigenvalue weighted by molar-refractivity contribution is 5.97. The van der Waals surface area contributed by atoms with Crippen molar-refractivity contribution >= 4 is 5.91 Å². The Morgan fingerprint density at radius 1 is 1.07 bits per heavy atom. The molecule has 3 rings (SSSR count). The van der Waals surface area contributed by atoms with E-state index in [9.17, 15) is 10.1 Å². The number of benzene rings is 2. The van der Waals surface area contributed by atoms with E-state index in [-0.39, 0.29) is 17.5 Å². The van der Waals surface area contributed by atoms with Crippen LogP contribution in [-0.4, -0.2) is 34.8 Å². The Balaban J connectivity index is 1.61. The zero-order chi connectivity index (χ0) is 21.3. The molecule has 30 heavy (non-hydrogen) atoms. The van der Waals surface area contributed by atoms with Gasteiger partial charge in [0.1, 0.15) is 11.6 Å². The van der Waals surface area contributed by atoms with Gasteiger partial charge in [0.05, 0.1) is 0 Å². The van der Waals surface area contributed by atoms with Gasteiger partial charge in [-0.15, -0.1) is 0 Å². The van der Waals surface area contributed by atoms with Gasteiger partial charge in [-0.05, 0) is 50.2 Å². The normalized spacial score (nSPS) is 15.1. The first-order chi connectivity index (χ1) is 14.6. The average Bonchev–Trinajstić information content (AvgIpc) is 2.78. The lowest BCUT2D eigenvalue weighted by molar-refractivity contribution is -0.128. The molecule has 1 heterocycles. The summed E-state index contributed by atoms with van der Waals surface area (Å²) in [4.78, 5) is 16.9. The van der Waals surface area contributed by atoms with Crippen LogP contribution in [0.1, 0.15) is 37.8 Å². The van der Waals surface area contributed by atoms with Gasteiger partial charge in [0.25, 0.3) is 5.91 Å². The van der Waals surface area contributed by atoms with E-state index in [1.807, 2.05) is 29.2 Å². The van der Waals surface area contributed by atoms with Gasteiger partial charge in [-0.1, -0.05) is 60.7 Å². The summed E-state index contributed by atoms with van der Waals surface area (Å²) in [6, 6.07) is 23.0. The number of rotatable bonds is 7. The second-order valence-corrected chi connectivity index (χ2v) is 8.33. The van der Waals surface area contributed by atoms with Gasteiger partial charge in [0.2, 0.25) is 0 Å². The second kappa shape index (κ2) is 10.6. The predicted octanol–water partition coefficient (Wildman–Crippen LogP) is 4.79. The van der Waals surface area contributed by atoms with Gasteiger partial charge < -0.3 is 9.80 Å². The number of amides is 1. The minimum Gasteiger partial charge on any atom is -0.369 e. The second-order valence-electron chi connectivity index (χ2n) is 8.33. The Hall–Kier alpha value is -3.06. The Morgan fingerprint density at radius 2 is 1.63 bits per heavy atom. The molecular weight excluding hydrogens is 370 g/mol. The molecule has 2 aromatic rings. The molecule has 1 amide bonds. The molecule has 2 aromatic carbocycles. The van der Waals surface area contributed by atoms with Crippen molar-refractivity contribution in [2.45, 2.75) is 45.7 Å². The largest absolute Gasteiger partial charge is 0.369 e. The lowest BCUT2D eigenvalue weighted by atomic mass is 9.90. The zero-order valence-corrected chi connectivity index (χ0v) is 18.0. The predicted molar refractivity (Wildman–Crippen MR) is 120 cm³/mol. The molecule has 1 aliphatic heterocycles. The molecule has 4 nitrogen and oxygen atoms in total. The van der Waals surface area contributed by atoms with Crippen LogP contribution in [0.3, 0.4) is 0 Å². The van der Waals surface area contributed by atoms with Gasteiger partial charge >= 0.3 is 0 Å². The van der Waals surface area contributed by atoms with Crippen molar-refractivity contribution in [3.63, 3.8) is 0 Å². The van der Waals surface area contributed by atoms with Crippen LogP contribution in [0.5, 0.6) is 0 Å². The minimum absolute atomic E-state index is 0.144. The van der Waals surface area contributed by atoms with Crippen molar-refractivity contribution < 1.29 is 4.79 Å². The van der Waals surface area contributed by atoms with Crippen LogP contribution in [-0.2, 0) is 17.8 Å². The summed E-state index contributed by atoms with van der Waals surface area (Å²) in [6.07, 6.45) is 4.77. The summed E-state index contributed by atoms with van der Waals surface area (Å²) in [6.45, 7) is 6.27. The lowest BCUT2D eigenvalue weighted by Crippen LogP contribution is -2.40. The average molecular weight is 402 g/mol. The number of nitrogens with zero attached hydrogens (tertiary/aromatic N) is 3. The molecule has 1 saturated heterocycles. The van der Waals surface area contributed by atoms with Crippen molar-refractivity contribution in [3.8, 4) is 6.07 Å². The fraction of sp³-hybridized carbons (Fsp3) is 0.385. The number of hydrogen-bond donors (Lipinski definition) is 0. The molecule has 1 aliphatic rings. The van der Waals surface area contributed by atoms with E-state index < -0.39 is 0 Å². The maximum absolute atomic E-state index is 13.0. The van der Waals surface area contributed by atoms with Crippen LogP contribution in [0.4, 0.5) is 0 Å². The SMILES string of the molecule is CC(C)N(/C=C(/C#N)C(=O)N1CCC(Cc2ccccc2)CC1)Cc1ccccc1. The van der Waals surface area contributed by atoms with E-state index in [1.165, 1.54) is 5.56 Å². The van der Waals surface area contributed by atoms with E-state index in [1.54, 1.807) is 6.20 Å². The third-order valence-corrected chi connectivity index (χ3v) is 5.79. The van der Waals surface area contributed by atoms with Crippen molar-refractivity contribution in [2.24, 2.45) is 5.92 Å². The van der Waals surface area contributed by atoms with E-state index >= 15 is 0 Å². The first-order valence-electron chi connectivity index (χ1n) is 10.8. The summed E-state index contributed by atoms with van der Waals surface area (Å²) in [5, 5.41) is 9.68. The summed E-state index contributed by atoms with van der Waals surface area (Å²) < 4.78 is 0. The molecular formula is C26H31N3O. The number of hydrogen-bond acceptors (Lipinski definition) is 3. The number of likely N-dealkylation sites (tertiary alicyclic amines) is 1. The van der Waals surface area contributed by atoms with Crippen LogP contribution in [0.25, 0.3) is 0 Å². The number of piperidine rings is 1. The number of carbonyl (C=O) groups excluding carboxylic acids is 1. The molecule has 0 unspecified atom stereocenters. The molecule has 0 saturated carbocycles. The first kappa shape index (κ1) is 21.6. The van der Waals surface area contributed by atoms with Crippen molar-refractivity contribution in [3.05, 3.63) is 83.6 Å². The Labute approximate surface area is 180 Å². The van der Waals surface area contributed by atoms with Crippen molar-refractivity contribution in [1.82, 2.24) is 9.80 Å². The number of carbonyl (C=O) groups is 1. The Bertz CT molecular complexity index is 875. The van der Waals surface area contributed by atoms with Crippen molar-refractivity contribution in [2.75, 3.05) is 13.1 Å². The highest BCUT2D eigenvalue weighted by Crippen LogP contribution is 2.23. The van der Waals surface area contributed by atoms with Gasteiger partial charge in [0.15, 0.2) is 0 Å². The van der Waals surface area contributed by atoms with Gasteiger partial charge in [-0.3, -0.25) is 4.79 Å². The van der Waals surface area contributed by atoms with Gasteiger partial charge in [0, 0.05) is 31.9 Å². The zero-order valence-electron chi connectivity index (χ0n) is 18.0. The molecule has 0 bridgehead atoms. The molecule has 156 valence electrons. The minimum atomic E-state index is -0.144. The van der Waals surface area contributed by atoms with Crippen LogP contribution >= 0.6 is 0 Å². The van der Waals surface area contributed by atoms with E-state index in [2.05, 4.69) is 61.2 Å². The maximum Gasteiger partial charge on any atom is 0.266 e. The van der Waals surface area contributed by atoms with Crippen LogP contribution in [0.15, 0.2) is 72.4 Å². The van der Waals surface area contributed by atoms with E-state index in [0.717, 1.165) is 37.9 Å².